The number of rotatable bonds is 5. The number of hydrogen-bond donors (Lipinski definition) is 2. The molecule has 0 unspecified atom stereocenters. The van der Waals surface area contributed by atoms with E-state index in [2.05, 4.69) is 35.8 Å². The fourth-order valence-electron chi connectivity index (χ4n) is 3.49. The SMILES string of the molecule is C[C@H](c1ccccc1)n1c(-c2ccccc2)nc2cc(C=CC(=O)NO)ccc21. The van der Waals surface area contributed by atoms with Gasteiger partial charge in [-0.25, -0.2) is 10.5 Å². The van der Waals surface area contributed by atoms with Gasteiger partial charge >= 0.3 is 0 Å². The molecule has 1 aromatic heterocycles. The van der Waals surface area contributed by atoms with Crippen LogP contribution in [0.25, 0.3) is 28.5 Å². The molecule has 1 atom stereocenters. The van der Waals surface area contributed by atoms with Crippen molar-refractivity contribution in [1.82, 2.24) is 15.0 Å². The van der Waals surface area contributed by atoms with E-state index >= 15 is 0 Å². The van der Waals surface area contributed by atoms with Gasteiger partial charge in [0.05, 0.1) is 17.1 Å². The van der Waals surface area contributed by atoms with Crippen molar-refractivity contribution in [2.45, 2.75) is 13.0 Å². The van der Waals surface area contributed by atoms with Crippen molar-refractivity contribution < 1.29 is 10.0 Å². The molecule has 0 radical (unpaired) electrons. The summed E-state index contributed by atoms with van der Waals surface area (Å²) in [5.41, 5.74) is 6.54. The van der Waals surface area contributed by atoms with Gasteiger partial charge in [-0.3, -0.25) is 10.0 Å². The first-order valence-electron chi connectivity index (χ1n) is 9.42. The Morgan fingerprint density at radius 3 is 2.41 bits per heavy atom. The zero-order valence-electron chi connectivity index (χ0n) is 16.0. The average molecular weight is 383 g/mol. The fraction of sp³-hybridized carbons (Fsp3) is 0.0833. The molecule has 0 aliphatic rings. The van der Waals surface area contributed by atoms with Crippen molar-refractivity contribution in [3.05, 3.63) is 96.1 Å². The van der Waals surface area contributed by atoms with E-state index in [0.29, 0.717) is 0 Å². The molecular weight excluding hydrogens is 362 g/mol. The Bertz CT molecular complexity index is 1160. The minimum Gasteiger partial charge on any atom is -0.317 e. The largest absolute Gasteiger partial charge is 0.317 e. The van der Waals surface area contributed by atoms with Crippen LogP contribution in [-0.2, 0) is 4.79 Å². The Morgan fingerprint density at radius 2 is 1.72 bits per heavy atom. The summed E-state index contributed by atoms with van der Waals surface area (Å²) in [4.78, 5) is 16.2. The molecule has 2 N–H and O–H groups in total. The molecule has 3 aromatic carbocycles. The Kier molecular flexibility index (Phi) is 5.22. The first kappa shape index (κ1) is 18.7. The van der Waals surface area contributed by atoms with Crippen LogP contribution in [0.3, 0.4) is 0 Å². The number of aromatic nitrogens is 2. The lowest BCUT2D eigenvalue weighted by Crippen LogP contribution is -2.14. The third-order valence-corrected chi connectivity index (χ3v) is 4.95. The van der Waals surface area contributed by atoms with Gasteiger partial charge in [0.1, 0.15) is 5.82 Å². The molecule has 0 fully saturated rings. The van der Waals surface area contributed by atoms with Crippen LogP contribution in [0.15, 0.2) is 84.9 Å². The molecule has 0 spiro atoms. The molecule has 0 aliphatic heterocycles. The number of carbonyl (C=O) groups is 1. The van der Waals surface area contributed by atoms with Crippen LogP contribution in [-0.4, -0.2) is 20.7 Å². The Hall–Kier alpha value is -3.70. The number of benzene rings is 3. The normalized spacial score (nSPS) is 12.3. The number of nitrogens with zero attached hydrogens (tertiary/aromatic N) is 2. The zero-order chi connectivity index (χ0) is 20.2. The summed E-state index contributed by atoms with van der Waals surface area (Å²) in [6, 6.07) is 26.5. The summed E-state index contributed by atoms with van der Waals surface area (Å²) in [5.74, 6) is 0.324. The molecular formula is C24H21N3O2. The van der Waals surface area contributed by atoms with Crippen molar-refractivity contribution in [2.24, 2.45) is 0 Å². The zero-order valence-corrected chi connectivity index (χ0v) is 16.0. The summed E-state index contributed by atoms with van der Waals surface area (Å²) in [7, 11) is 0. The fourth-order valence-corrected chi connectivity index (χ4v) is 3.49. The van der Waals surface area contributed by atoms with E-state index in [-0.39, 0.29) is 6.04 Å². The van der Waals surface area contributed by atoms with Crippen molar-refractivity contribution in [1.29, 1.82) is 0 Å². The molecule has 29 heavy (non-hydrogen) atoms. The van der Waals surface area contributed by atoms with Crippen molar-refractivity contribution in [2.75, 3.05) is 0 Å². The van der Waals surface area contributed by atoms with E-state index in [0.717, 1.165) is 28.0 Å². The number of nitrogens with one attached hydrogen (secondary N) is 1. The maximum Gasteiger partial charge on any atom is 0.267 e. The molecule has 0 saturated heterocycles. The Balaban J connectivity index is 1.87. The predicted octanol–water partition coefficient (Wildman–Crippen LogP) is 4.83. The summed E-state index contributed by atoms with van der Waals surface area (Å²) < 4.78 is 2.24. The molecule has 1 amide bonds. The molecule has 0 saturated carbocycles. The van der Waals surface area contributed by atoms with Crippen LogP contribution < -0.4 is 5.48 Å². The topological polar surface area (TPSA) is 67.2 Å². The monoisotopic (exact) mass is 383 g/mol. The van der Waals surface area contributed by atoms with Crippen LogP contribution >= 0.6 is 0 Å². The van der Waals surface area contributed by atoms with E-state index in [1.165, 1.54) is 11.6 Å². The van der Waals surface area contributed by atoms with E-state index < -0.39 is 5.91 Å². The van der Waals surface area contributed by atoms with E-state index in [1.54, 1.807) is 11.6 Å². The first-order valence-corrected chi connectivity index (χ1v) is 9.42. The maximum absolute atomic E-state index is 11.3. The van der Waals surface area contributed by atoms with Crippen molar-refractivity contribution in [3.63, 3.8) is 0 Å². The number of fused-ring (bicyclic) bond motifs is 1. The van der Waals surface area contributed by atoms with Gasteiger partial charge in [-0.2, -0.15) is 0 Å². The number of hydrogen-bond acceptors (Lipinski definition) is 3. The Labute approximate surface area is 168 Å². The number of hydroxylamine groups is 1. The second-order valence-electron chi connectivity index (χ2n) is 6.82. The molecule has 0 bridgehead atoms. The molecule has 4 rings (SSSR count). The van der Waals surface area contributed by atoms with Crippen molar-refractivity contribution in [3.8, 4) is 11.4 Å². The maximum atomic E-state index is 11.3. The average Bonchev–Trinajstić information content (AvgIpc) is 3.16. The van der Waals surface area contributed by atoms with Gasteiger partial charge in [0.15, 0.2) is 0 Å². The lowest BCUT2D eigenvalue weighted by molar-refractivity contribution is -0.124. The quantitative estimate of drug-likeness (QED) is 0.295. The molecule has 1 heterocycles. The first-order chi connectivity index (χ1) is 14.2. The van der Waals surface area contributed by atoms with Gasteiger partial charge in [-0.1, -0.05) is 66.7 Å². The van der Waals surface area contributed by atoms with Crippen LogP contribution in [0.1, 0.15) is 24.1 Å². The highest BCUT2D eigenvalue weighted by molar-refractivity contribution is 5.92. The third kappa shape index (κ3) is 3.81. The van der Waals surface area contributed by atoms with Gasteiger partial charge in [0.2, 0.25) is 0 Å². The number of amides is 1. The molecule has 0 aliphatic carbocycles. The molecule has 144 valence electrons. The van der Waals surface area contributed by atoms with E-state index in [4.69, 9.17) is 10.2 Å². The lowest BCUT2D eigenvalue weighted by Gasteiger charge is -2.18. The van der Waals surface area contributed by atoms with Gasteiger partial charge < -0.3 is 4.57 Å². The summed E-state index contributed by atoms with van der Waals surface area (Å²) in [6.45, 7) is 2.17. The predicted molar refractivity (Wildman–Crippen MR) is 114 cm³/mol. The van der Waals surface area contributed by atoms with Crippen LogP contribution in [0.5, 0.6) is 0 Å². The summed E-state index contributed by atoms with van der Waals surface area (Å²) in [6.07, 6.45) is 2.93. The molecule has 5 nitrogen and oxygen atoms in total. The second-order valence-corrected chi connectivity index (χ2v) is 6.82. The number of imidazole rings is 1. The smallest absolute Gasteiger partial charge is 0.267 e. The number of carbonyl (C=O) groups excluding carboxylic acids is 1. The van der Waals surface area contributed by atoms with Crippen LogP contribution in [0.2, 0.25) is 0 Å². The van der Waals surface area contributed by atoms with Gasteiger partial charge in [-0.05, 0) is 36.3 Å². The highest BCUT2D eigenvalue weighted by Crippen LogP contribution is 2.32. The van der Waals surface area contributed by atoms with Gasteiger partial charge in [-0.15, -0.1) is 0 Å². The minimum absolute atomic E-state index is 0.0953. The van der Waals surface area contributed by atoms with Crippen LogP contribution in [0, 0.1) is 0 Å². The van der Waals surface area contributed by atoms with Gasteiger partial charge in [0, 0.05) is 11.6 Å². The highest BCUT2D eigenvalue weighted by Gasteiger charge is 2.18. The Morgan fingerprint density at radius 1 is 1.03 bits per heavy atom. The summed E-state index contributed by atoms with van der Waals surface area (Å²) in [5, 5.41) is 8.65. The van der Waals surface area contributed by atoms with Crippen LogP contribution in [0.4, 0.5) is 0 Å². The van der Waals surface area contributed by atoms with E-state index in [1.807, 2.05) is 54.6 Å². The standard InChI is InChI=1S/C24H21N3O2/c1-17(19-8-4-2-5-9-19)27-22-14-12-18(13-15-23(28)26-29)16-21(22)25-24(27)20-10-6-3-7-11-20/h2-17,29H,1H3,(H,26,28)/t17-/m1/s1. The molecule has 4 aromatic rings. The van der Waals surface area contributed by atoms with E-state index in [9.17, 15) is 4.79 Å². The van der Waals surface area contributed by atoms with Gasteiger partial charge in [0.25, 0.3) is 5.91 Å². The highest BCUT2D eigenvalue weighted by atomic mass is 16.5. The molecule has 5 heteroatoms. The second kappa shape index (κ2) is 8.12. The lowest BCUT2D eigenvalue weighted by atomic mass is 10.1. The third-order valence-electron chi connectivity index (χ3n) is 4.95. The summed E-state index contributed by atoms with van der Waals surface area (Å²) >= 11 is 0. The van der Waals surface area contributed by atoms with Crippen molar-refractivity contribution >= 4 is 23.0 Å². The minimum atomic E-state index is -0.571.